The van der Waals surface area contributed by atoms with E-state index in [1.54, 1.807) is 23.5 Å². The first-order valence-electron chi connectivity index (χ1n) is 6.07. The van der Waals surface area contributed by atoms with Gasteiger partial charge in [0.25, 0.3) is 0 Å². The normalized spacial score (nSPS) is 11.8. The van der Waals surface area contributed by atoms with Gasteiger partial charge in [0, 0.05) is 22.2 Å². The van der Waals surface area contributed by atoms with Gasteiger partial charge in [0.2, 0.25) is 0 Å². The summed E-state index contributed by atoms with van der Waals surface area (Å²) in [6, 6.07) is 10.0. The van der Waals surface area contributed by atoms with Crippen LogP contribution in [0.2, 0.25) is 0 Å². The van der Waals surface area contributed by atoms with Gasteiger partial charge in [-0.25, -0.2) is 4.98 Å². The number of nitrogens with two attached hydrogens (primary N) is 1. The topological polar surface area (TPSA) is 74.7 Å². The Morgan fingerprint density at radius 2 is 2.21 bits per heavy atom. The molecule has 2 heterocycles. The molecule has 0 radical (unpaired) electrons. The molecule has 0 saturated heterocycles. The van der Waals surface area contributed by atoms with Crippen molar-refractivity contribution in [3.05, 3.63) is 39.7 Å². The minimum absolute atomic E-state index is 0.251. The molecule has 3 N–H and O–H groups in total. The molecule has 2 aromatic heterocycles. The molecule has 0 aromatic carbocycles. The summed E-state index contributed by atoms with van der Waals surface area (Å²) in [6.45, 7) is 4.20. The van der Waals surface area contributed by atoms with E-state index in [4.69, 9.17) is 11.0 Å². The van der Waals surface area contributed by atoms with Crippen molar-refractivity contribution in [2.24, 2.45) is 0 Å². The van der Waals surface area contributed by atoms with Gasteiger partial charge >= 0.3 is 0 Å². The Morgan fingerprint density at radius 1 is 1.42 bits per heavy atom. The molecule has 1 unspecified atom stereocenters. The Labute approximate surface area is 116 Å². The number of pyridine rings is 1. The number of hydrogen-bond donors (Lipinski definition) is 2. The van der Waals surface area contributed by atoms with Crippen LogP contribution in [0.5, 0.6) is 0 Å². The van der Waals surface area contributed by atoms with Crippen molar-refractivity contribution in [1.29, 1.82) is 5.26 Å². The fourth-order valence-electron chi connectivity index (χ4n) is 1.84. The van der Waals surface area contributed by atoms with Gasteiger partial charge in [-0.3, -0.25) is 0 Å². The van der Waals surface area contributed by atoms with Crippen LogP contribution in [0.25, 0.3) is 0 Å². The lowest BCUT2D eigenvalue weighted by Gasteiger charge is -2.14. The highest BCUT2D eigenvalue weighted by atomic mass is 32.1. The van der Waals surface area contributed by atoms with E-state index >= 15 is 0 Å². The van der Waals surface area contributed by atoms with Gasteiger partial charge in [-0.1, -0.05) is 0 Å². The van der Waals surface area contributed by atoms with Crippen LogP contribution in [0.4, 0.5) is 11.5 Å². The number of thiophene rings is 1. The number of aryl methyl sites for hydroxylation is 1. The molecule has 98 valence electrons. The molecular formula is C14H16N4S. The van der Waals surface area contributed by atoms with Gasteiger partial charge in [-0.2, -0.15) is 5.26 Å². The predicted octanol–water partition coefficient (Wildman–Crippen LogP) is 2.95. The maximum absolute atomic E-state index is 8.90. The highest BCUT2D eigenvalue weighted by molar-refractivity contribution is 7.11. The van der Waals surface area contributed by atoms with Gasteiger partial charge in [0.15, 0.2) is 5.69 Å². The van der Waals surface area contributed by atoms with Gasteiger partial charge in [0.1, 0.15) is 11.9 Å². The van der Waals surface area contributed by atoms with E-state index in [1.807, 2.05) is 6.07 Å². The monoisotopic (exact) mass is 272 g/mol. The zero-order valence-corrected chi connectivity index (χ0v) is 11.8. The molecule has 0 saturated carbocycles. The second-order valence-electron chi connectivity index (χ2n) is 4.51. The summed E-state index contributed by atoms with van der Waals surface area (Å²) < 4.78 is 0. The lowest BCUT2D eigenvalue weighted by Crippen LogP contribution is -2.18. The molecule has 0 amide bonds. The third kappa shape index (κ3) is 3.46. The van der Waals surface area contributed by atoms with Crippen molar-refractivity contribution < 1.29 is 0 Å². The summed E-state index contributed by atoms with van der Waals surface area (Å²) >= 11 is 1.80. The van der Waals surface area contributed by atoms with E-state index in [0.29, 0.717) is 11.5 Å². The Morgan fingerprint density at radius 3 is 2.84 bits per heavy atom. The minimum Gasteiger partial charge on any atom is -0.396 e. The van der Waals surface area contributed by atoms with E-state index in [0.717, 1.165) is 6.42 Å². The summed E-state index contributed by atoms with van der Waals surface area (Å²) in [4.78, 5) is 6.84. The van der Waals surface area contributed by atoms with Gasteiger partial charge in [0.05, 0.1) is 5.69 Å². The van der Waals surface area contributed by atoms with E-state index in [2.05, 4.69) is 36.3 Å². The quantitative estimate of drug-likeness (QED) is 0.897. The molecule has 0 bridgehead atoms. The molecule has 19 heavy (non-hydrogen) atoms. The Kier molecular flexibility index (Phi) is 4.03. The highest BCUT2D eigenvalue weighted by Gasteiger charge is 2.08. The minimum atomic E-state index is 0.251. The third-order valence-electron chi connectivity index (χ3n) is 2.73. The average molecular weight is 272 g/mol. The number of nitrogen functional groups attached to an aromatic ring is 1. The van der Waals surface area contributed by atoms with Crippen molar-refractivity contribution in [3.8, 4) is 6.07 Å². The molecule has 2 aromatic rings. The third-order valence-corrected chi connectivity index (χ3v) is 3.75. The van der Waals surface area contributed by atoms with Crippen molar-refractivity contribution in [2.45, 2.75) is 26.3 Å². The Balaban J connectivity index is 2.03. The Hall–Kier alpha value is -2.06. The fourth-order valence-corrected chi connectivity index (χ4v) is 2.86. The van der Waals surface area contributed by atoms with Crippen LogP contribution in [-0.2, 0) is 6.42 Å². The number of aromatic nitrogens is 1. The SMILES string of the molecule is Cc1ccc(CC(C)Nc2ccc(N)c(C#N)n2)s1. The summed E-state index contributed by atoms with van der Waals surface area (Å²) in [7, 11) is 0. The average Bonchev–Trinajstić information content (AvgIpc) is 2.77. The van der Waals surface area contributed by atoms with Gasteiger partial charge in [-0.05, 0) is 38.1 Å². The number of hydrogen-bond acceptors (Lipinski definition) is 5. The van der Waals surface area contributed by atoms with Crippen LogP contribution in [0.3, 0.4) is 0 Å². The lowest BCUT2D eigenvalue weighted by molar-refractivity contribution is 0.794. The predicted molar refractivity (Wildman–Crippen MR) is 79.2 cm³/mol. The zero-order valence-electron chi connectivity index (χ0n) is 11.0. The summed E-state index contributed by atoms with van der Waals surface area (Å²) in [6.07, 6.45) is 0.937. The zero-order chi connectivity index (χ0) is 13.8. The molecule has 0 aliphatic heterocycles. The number of nitrogens with zero attached hydrogens (tertiary/aromatic N) is 2. The van der Waals surface area contributed by atoms with Crippen LogP contribution in [0, 0.1) is 18.3 Å². The molecule has 1 atom stereocenters. The number of rotatable bonds is 4. The van der Waals surface area contributed by atoms with Crippen molar-refractivity contribution in [3.63, 3.8) is 0 Å². The standard InChI is InChI=1S/C14H16N4S/c1-9(7-11-4-3-10(2)19-11)17-14-6-5-12(16)13(8-15)18-14/h3-6,9H,7,16H2,1-2H3,(H,17,18). The molecule has 4 nitrogen and oxygen atoms in total. The van der Waals surface area contributed by atoms with E-state index in [-0.39, 0.29) is 11.7 Å². The maximum Gasteiger partial charge on any atom is 0.165 e. The fraction of sp³-hybridized carbons (Fsp3) is 0.286. The molecular weight excluding hydrogens is 256 g/mol. The van der Waals surface area contributed by atoms with Crippen LogP contribution in [0.15, 0.2) is 24.3 Å². The van der Waals surface area contributed by atoms with Crippen molar-refractivity contribution in [1.82, 2.24) is 4.98 Å². The number of nitrogens with one attached hydrogen (secondary N) is 1. The van der Waals surface area contributed by atoms with Crippen LogP contribution in [-0.4, -0.2) is 11.0 Å². The summed E-state index contributed by atoms with van der Waals surface area (Å²) in [5, 5.41) is 12.2. The highest BCUT2D eigenvalue weighted by Crippen LogP contribution is 2.18. The first kappa shape index (κ1) is 13.4. The second-order valence-corrected chi connectivity index (χ2v) is 5.88. The largest absolute Gasteiger partial charge is 0.396 e. The molecule has 5 heteroatoms. The molecule has 2 rings (SSSR count). The smallest absolute Gasteiger partial charge is 0.165 e. The van der Waals surface area contributed by atoms with Crippen molar-refractivity contribution in [2.75, 3.05) is 11.1 Å². The first-order chi connectivity index (χ1) is 9.08. The second kappa shape index (κ2) is 5.72. The van der Waals surface area contributed by atoms with Gasteiger partial charge in [-0.15, -0.1) is 11.3 Å². The molecule has 0 aliphatic rings. The number of anilines is 2. The van der Waals surface area contributed by atoms with Crippen molar-refractivity contribution >= 4 is 22.8 Å². The van der Waals surface area contributed by atoms with E-state index in [9.17, 15) is 0 Å². The molecule has 0 spiro atoms. The Bertz CT molecular complexity index is 612. The lowest BCUT2D eigenvalue weighted by atomic mass is 10.2. The summed E-state index contributed by atoms with van der Waals surface area (Å²) in [5.41, 5.74) is 6.33. The molecule has 0 aliphatic carbocycles. The number of nitriles is 1. The van der Waals surface area contributed by atoms with Gasteiger partial charge < -0.3 is 11.1 Å². The van der Waals surface area contributed by atoms with Crippen LogP contribution >= 0.6 is 11.3 Å². The van der Waals surface area contributed by atoms with Crippen LogP contribution < -0.4 is 11.1 Å². The first-order valence-corrected chi connectivity index (χ1v) is 6.88. The maximum atomic E-state index is 8.90. The molecule has 0 fully saturated rings. The van der Waals surface area contributed by atoms with E-state index < -0.39 is 0 Å². The van der Waals surface area contributed by atoms with E-state index in [1.165, 1.54) is 9.75 Å². The summed E-state index contributed by atoms with van der Waals surface area (Å²) in [5.74, 6) is 0.687. The van der Waals surface area contributed by atoms with Crippen LogP contribution in [0.1, 0.15) is 22.4 Å².